The van der Waals surface area contributed by atoms with Crippen molar-refractivity contribution < 1.29 is 0 Å². The van der Waals surface area contributed by atoms with Crippen LogP contribution in [0.25, 0.3) is 5.57 Å². The van der Waals surface area contributed by atoms with Crippen molar-refractivity contribution in [1.82, 2.24) is 10.6 Å². The van der Waals surface area contributed by atoms with Crippen molar-refractivity contribution in [3.63, 3.8) is 0 Å². The van der Waals surface area contributed by atoms with Crippen molar-refractivity contribution in [2.45, 2.75) is 81.6 Å². The normalized spacial score (nSPS) is 14.4. The summed E-state index contributed by atoms with van der Waals surface area (Å²) in [5.74, 6) is 6.85. The Balaban J connectivity index is 0.000000407. The van der Waals surface area contributed by atoms with Crippen LogP contribution in [-0.4, -0.2) is 6.54 Å². The van der Waals surface area contributed by atoms with Crippen molar-refractivity contribution in [2.75, 3.05) is 6.54 Å². The highest BCUT2D eigenvalue weighted by molar-refractivity contribution is 5.66. The molecule has 0 radical (unpaired) electrons. The van der Waals surface area contributed by atoms with E-state index in [2.05, 4.69) is 139 Å². The van der Waals surface area contributed by atoms with Crippen LogP contribution in [0.3, 0.4) is 0 Å². The van der Waals surface area contributed by atoms with E-state index in [9.17, 15) is 0 Å². The Morgan fingerprint density at radius 2 is 1.72 bits per heavy atom. The summed E-state index contributed by atoms with van der Waals surface area (Å²) in [5.41, 5.74) is 10.6. The lowest BCUT2D eigenvalue weighted by molar-refractivity contribution is 0.571. The van der Waals surface area contributed by atoms with Crippen LogP contribution in [0, 0.1) is 37.0 Å². The largest absolute Gasteiger partial charge is 0.388 e. The van der Waals surface area contributed by atoms with Gasteiger partial charge in [0, 0.05) is 40.5 Å². The summed E-state index contributed by atoms with van der Waals surface area (Å²) in [7, 11) is 0. The number of aryl methyl sites for hydroxylation is 3. The molecule has 1 saturated heterocycles. The molecule has 0 saturated carbocycles. The summed E-state index contributed by atoms with van der Waals surface area (Å²) in [6.07, 6.45) is 5.32. The number of nitrogens with one attached hydrogen (secondary N) is 2. The maximum Gasteiger partial charge on any atom is 0.0311 e. The van der Waals surface area contributed by atoms with Crippen molar-refractivity contribution in [3.8, 4) is 11.8 Å². The second-order valence-corrected chi connectivity index (χ2v) is 11.2. The molecule has 39 heavy (non-hydrogen) atoms. The molecule has 3 rings (SSSR count). The van der Waals surface area contributed by atoms with Gasteiger partial charge in [0.25, 0.3) is 0 Å². The van der Waals surface area contributed by atoms with Gasteiger partial charge in [-0.3, -0.25) is 0 Å². The fourth-order valence-electron chi connectivity index (χ4n) is 4.21. The molecule has 2 heteroatoms. The molecule has 2 aromatic carbocycles. The van der Waals surface area contributed by atoms with Gasteiger partial charge in [-0.15, -0.1) is 0 Å². The quantitative estimate of drug-likeness (QED) is 0.278. The number of benzene rings is 2. The summed E-state index contributed by atoms with van der Waals surface area (Å²) in [5, 5.41) is 6.60. The van der Waals surface area contributed by atoms with Crippen LogP contribution in [0.5, 0.6) is 0 Å². The first kappa shape index (κ1) is 33.6. The highest BCUT2D eigenvalue weighted by atomic mass is 15.0. The standard InChI is InChI=1S/C21H28N2.C14H18.C2H6/c1-6-8-19-9-7-10-20(13-19)15(2)11-17(4)23-18(5)21-12-16(3)22-14-21;1-11-8-12(2)10-13(9-11)6-7-14(3,4)5;1-2/h7,9-11,13,21-23H,3-6,8,12,14H2,1-2H3;8-10H,1-5H3;1-2H3/b15-11+;;/t21-;;/m0../s1. The van der Waals surface area contributed by atoms with E-state index in [-0.39, 0.29) is 5.41 Å². The van der Waals surface area contributed by atoms with E-state index in [1.165, 1.54) is 34.2 Å². The second-order valence-electron chi connectivity index (χ2n) is 11.2. The topological polar surface area (TPSA) is 24.1 Å². The Kier molecular flexibility index (Phi) is 14.2. The third kappa shape index (κ3) is 13.3. The SMILES string of the molecule is C=C(/C=C(\C)c1cccc(CCC)c1)NC(=C)[C@@H]1CNC(=C)C1.CC.Cc1cc(C)cc(C#CC(C)(C)C)c1. The Morgan fingerprint density at radius 3 is 2.26 bits per heavy atom. The average Bonchev–Trinajstić information content (AvgIpc) is 3.30. The highest BCUT2D eigenvalue weighted by Crippen LogP contribution is 2.22. The Bertz CT molecular complexity index is 1190. The highest BCUT2D eigenvalue weighted by Gasteiger charge is 2.20. The second kappa shape index (κ2) is 16.5. The van der Waals surface area contributed by atoms with Crippen LogP contribution in [0.2, 0.25) is 0 Å². The van der Waals surface area contributed by atoms with Gasteiger partial charge in [0.1, 0.15) is 0 Å². The molecule has 0 spiro atoms. The third-order valence-corrected chi connectivity index (χ3v) is 6.02. The third-order valence-electron chi connectivity index (χ3n) is 6.02. The first-order valence-corrected chi connectivity index (χ1v) is 14.3. The molecule has 0 bridgehead atoms. The molecule has 0 aromatic heterocycles. The molecule has 0 unspecified atom stereocenters. The summed E-state index contributed by atoms with van der Waals surface area (Å²) in [6.45, 7) is 32.1. The summed E-state index contributed by atoms with van der Waals surface area (Å²) in [4.78, 5) is 0. The van der Waals surface area contributed by atoms with Gasteiger partial charge in [-0.05, 0) is 100 Å². The number of hydrogen-bond acceptors (Lipinski definition) is 2. The van der Waals surface area contributed by atoms with E-state index in [0.29, 0.717) is 5.92 Å². The maximum atomic E-state index is 4.15. The Hall–Kier alpha value is -3.44. The van der Waals surface area contributed by atoms with Crippen LogP contribution >= 0.6 is 0 Å². The molecular weight excluding hydrogens is 472 g/mol. The minimum Gasteiger partial charge on any atom is -0.388 e. The molecule has 1 aliphatic heterocycles. The van der Waals surface area contributed by atoms with Gasteiger partial charge >= 0.3 is 0 Å². The molecule has 2 nitrogen and oxygen atoms in total. The zero-order chi connectivity index (χ0) is 29.6. The number of rotatable bonds is 7. The van der Waals surface area contributed by atoms with E-state index in [1.807, 2.05) is 13.8 Å². The van der Waals surface area contributed by atoms with E-state index >= 15 is 0 Å². The first-order valence-electron chi connectivity index (χ1n) is 14.3. The molecule has 2 N–H and O–H groups in total. The van der Waals surface area contributed by atoms with Crippen molar-refractivity contribution in [2.24, 2.45) is 11.3 Å². The molecule has 0 aliphatic carbocycles. The maximum absolute atomic E-state index is 4.15. The molecule has 1 heterocycles. The zero-order valence-corrected chi connectivity index (χ0v) is 26.1. The van der Waals surface area contributed by atoms with Gasteiger partial charge in [0.05, 0.1) is 0 Å². The summed E-state index contributed by atoms with van der Waals surface area (Å²) >= 11 is 0. The van der Waals surface area contributed by atoms with Crippen molar-refractivity contribution in [3.05, 3.63) is 113 Å². The fourth-order valence-corrected chi connectivity index (χ4v) is 4.21. The van der Waals surface area contributed by atoms with Gasteiger partial charge in [0.2, 0.25) is 0 Å². The van der Waals surface area contributed by atoms with Crippen LogP contribution in [-0.2, 0) is 6.42 Å². The monoisotopic (exact) mass is 524 g/mol. The van der Waals surface area contributed by atoms with Crippen LogP contribution in [0.4, 0.5) is 0 Å². The minimum atomic E-state index is 0.0810. The van der Waals surface area contributed by atoms with E-state index < -0.39 is 0 Å². The lowest BCUT2D eigenvalue weighted by Crippen LogP contribution is -2.20. The Labute approximate surface area is 240 Å². The first-order chi connectivity index (χ1) is 18.4. The van der Waals surface area contributed by atoms with Crippen molar-refractivity contribution >= 4 is 5.57 Å². The number of allylic oxidation sites excluding steroid dienone is 3. The molecule has 1 atom stereocenters. The molecule has 1 aliphatic rings. The zero-order valence-electron chi connectivity index (χ0n) is 26.1. The number of hydrogen-bond donors (Lipinski definition) is 2. The van der Waals surface area contributed by atoms with E-state index in [0.717, 1.165) is 42.0 Å². The average molecular weight is 525 g/mol. The smallest absolute Gasteiger partial charge is 0.0311 e. The summed E-state index contributed by atoms with van der Waals surface area (Å²) in [6, 6.07) is 15.2. The van der Waals surface area contributed by atoms with Crippen molar-refractivity contribution in [1.29, 1.82) is 0 Å². The fraction of sp³-hybridized carbons (Fsp3) is 0.405. The minimum absolute atomic E-state index is 0.0810. The van der Waals surface area contributed by atoms with Gasteiger partial charge < -0.3 is 10.6 Å². The van der Waals surface area contributed by atoms with E-state index in [4.69, 9.17) is 0 Å². The van der Waals surface area contributed by atoms with Gasteiger partial charge in [0.15, 0.2) is 0 Å². The van der Waals surface area contributed by atoms with E-state index in [1.54, 1.807) is 0 Å². The Morgan fingerprint density at radius 1 is 1.08 bits per heavy atom. The van der Waals surface area contributed by atoms with Gasteiger partial charge in [-0.2, -0.15) is 0 Å². The summed E-state index contributed by atoms with van der Waals surface area (Å²) < 4.78 is 0. The molecule has 210 valence electrons. The predicted molar refractivity (Wildman–Crippen MR) is 174 cm³/mol. The molecular formula is C37H52N2. The lowest BCUT2D eigenvalue weighted by atomic mass is 9.97. The predicted octanol–water partition coefficient (Wildman–Crippen LogP) is 9.51. The molecule has 0 amide bonds. The van der Waals surface area contributed by atoms with Gasteiger partial charge in [-0.25, -0.2) is 0 Å². The van der Waals surface area contributed by atoms with Crippen LogP contribution in [0.1, 0.15) is 89.1 Å². The molecule has 1 fully saturated rings. The lowest BCUT2D eigenvalue weighted by Gasteiger charge is -2.15. The van der Waals surface area contributed by atoms with Crippen LogP contribution < -0.4 is 10.6 Å². The molecule has 2 aromatic rings. The van der Waals surface area contributed by atoms with Gasteiger partial charge in [-0.1, -0.05) is 89.1 Å². The van der Waals surface area contributed by atoms with Crippen LogP contribution in [0.15, 0.2) is 85.4 Å².